The van der Waals surface area contributed by atoms with Crippen molar-refractivity contribution in [2.24, 2.45) is 0 Å². The van der Waals surface area contributed by atoms with Crippen LogP contribution in [-0.4, -0.2) is 45.9 Å². The molecule has 0 spiro atoms. The third kappa shape index (κ3) is 4.61. The minimum absolute atomic E-state index is 0.0597. The van der Waals surface area contributed by atoms with Gasteiger partial charge in [-0.25, -0.2) is 12.8 Å². The normalized spacial score (nSPS) is 15.0. The Bertz CT molecular complexity index is 1280. The summed E-state index contributed by atoms with van der Waals surface area (Å²) < 4.78 is 53.3. The number of nitrogens with one attached hydrogen (secondary N) is 1. The van der Waals surface area contributed by atoms with Gasteiger partial charge in [0.15, 0.2) is 0 Å². The van der Waals surface area contributed by atoms with Crippen molar-refractivity contribution in [1.29, 1.82) is 0 Å². The lowest BCUT2D eigenvalue weighted by molar-refractivity contribution is 0.102. The number of carbonyl (C=O) groups excluding carboxylic acids is 1. The molecule has 2 aromatic carbocycles. The van der Waals surface area contributed by atoms with Crippen LogP contribution in [0.3, 0.4) is 0 Å². The summed E-state index contributed by atoms with van der Waals surface area (Å²) in [4.78, 5) is 13.6. The Morgan fingerprint density at radius 3 is 2.61 bits per heavy atom. The first-order valence-corrected chi connectivity index (χ1v) is 12.8. The van der Waals surface area contributed by atoms with Crippen LogP contribution in [0.25, 0.3) is 10.1 Å². The number of hydrogen-bond donors (Lipinski definition) is 1. The molecule has 3 aromatic rings. The fraction of sp³-hybridized carbons (Fsp3) is 0.348. The largest absolute Gasteiger partial charge is 0.495 e. The molecule has 4 rings (SSSR count). The number of benzene rings is 2. The minimum atomic E-state index is -3.69. The predicted molar refractivity (Wildman–Crippen MR) is 126 cm³/mol. The number of fused-ring (bicyclic) bond motifs is 1. The third-order valence-corrected chi connectivity index (χ3v) is 8.72. The molecule has 0 bridgehead atoms. The van der Waals surface area contributed by atoms with E-state index in [-0.39, 0.29) is 17.2 Å². The molecule has 10 heteroatoms. The average Bonchev–Trinajstić information content (AvgIpc) is 3.19. The lowest BCUT2D eigenvalue weighted by atomic mass is 10.1. The van der Waals surface area contributed by atoms with Gasteiger partial charge in [0.2, 0.25) is 10.0 Å². The van der Waals surface area contributed by atoms with Crippen molar-refractivity contribution < 1.29 is 27.1 Å². The summed E-state index contributed by atoms with van der Waals surface area (Å²) in [6, 6.07) is 9.07. The number of ether oxygens (including phenoxy) is 2. The van der Waals surface area contributed by atoms with E-state index in [1.54, 1.807) is 12.1 Å². The first kappa shape index (κ1) is 23.6. The van der Waals surface area contributed by atoms with Gasteiger partial charge in [-0.15, -0.1) is 11.3 Å². The van der Waals surface area contributed by atoms with Crippen molar-refractivity contribution in [3.63, 3.8) is 0 Å². The summed E-state index contributed by atoms with van der Waals surface area (Å²) in [5, 5.41) is 3.11. The second-order valence-corrected chi connectivity index (χ2v) is 10.7. The van der Waals surface area contributed by atoms with Crippen molar-refractivity contribution in [1.82, 2.24) is 4.31 Å². The van der Waals surface area contributed by atoms with Crippen LogP contribution < -0.4 is 10.1 Å². The van der Waals surface area contributed by atoms with Crippen LogP contribution in [0, 0.1) is 5.82 Å². The zero-order valence-corrected chi connectivity index (χ0v) is 20.0. The van der Waals surface area contributed by atoms with Crippen molar-refractivity contribution in [2.45, 2.75) is 30.8 Å². The number of thiophene rings is 1. The second kappa shape index (κ2) is 9.76. The van der Waals surface area contributed by atoms with Gasteiger partial charge in [-0.3, -0.25) is 4.79 Å². The molecule has 0 atom stereocenters. The van der Waals surface area contributed by atoms with E-state index in [4.69, 9.17) is 9.47 Å². The maximum Gasteiger partial charge on any atom is 0.266 e. The van der Waals surface area contributed by atoms with Gasteiger partial charge in [-0.05, 0) is 43.2 Å². The van der Waals surface area contributed by atoms with Crippen molar-refractivity contribution in [3.8, 4) is 5.75 Å². The lowest BCUT2D eigenvalue weighted by Gasteiger charge is -2.26. The molecule has 1 aromatic heterocycles. The first-order chi connectivity index (χ1) is 15.9. The molecule has 176 valence electrons. The monoisotopic (exact) mass is 492 g/mol. The highest BCUT2D eigenvalue weighted by Crippen LogP contribution is 2.36. The van der Waals surface area contributed by atoms with Crippen LogP contribution in [0.15, 0.2) is 41.3 Å². The molecule has 1 aliphatic rings. The standard InChI is InChI=1S/C23H25FN2O5S2/c1-30-14-16-21-17(24)7-6-8-20(21)32-22(16)23(27)25-18-13-15(9-10-19(18)31-2)33(28,29)26-11-4-3-5-12-26/h6-10,13H,3-5,11-12,14H2,1-2H3,(H,25,27). The SMILES string of the molecule is COCc1c(C(=O)Nc2cc(S(=O)(=O)N3CCCCC3)ccc2OC)sc2cccc(F)c12. The average molecular weight is 493 g/mol. The van der Waals surface area contributed by atoms with Gasteiger partial charge in [0.05, 0.1) is 29.2 Å². The van der Waals surface area contributed by atoms with Gasteiger partial charge < -0.3 is 14.8 Å². The Kier molecular flexibility index (Phi) is 6.99. The number of rotatable bonds is 7. The molecule has 0 radical (unpaired) electrons. The van der Waals surface area contributed by atoms with Crippen LogP contribution in [0.1, 0.15) is 34.5 Å². The van der Waals surface area contributed by atoms with E-state index in [2.05, 4.69) is 5.32 Å². The summed E-state index contributed by atoms with van der Waals surface area (Å²) >= 11 is 1.15. The number of carbonyl (C=O) groups is 1. The van der Waals surface area contributed by atoms with E-state index in [0.29, 0.717) is 39.4 Å². The Hall–Kier alpha value is -2.53. The maximum atomic E-state index is 14.5. The van der Waals surface area contributed by atoms with Gasteiger partial charge in [-0.2, -0.15) is 4.31 Å². The number of halogens is 1. The number of hydrogen-bond acceptors (Lipinski definition) is 6. The molecule has 1 saturated heterocycles. The van der Waals surface area contributed by atoms with Crippen LogP contribution in [0.5, 0.6) is 5.75 Å². The molecule has 0 unspecified atom stereocenters. The van der Waals surface area contributed by atoms with Crippen molar-refractivity contribution in [3.05, 3.63) is 52.7 Å². The Morgan fingerprint density at radius 2 is 1.91 bits per heavy atom. The summed E-state index contributed by atoms with van der Waals surface area (Å²) in [6.45, 7) is 1.01. The molecule has 1 fully saturated rings. The quantitative estimate of drug-likeness (QED) is 0.520. The number of piperidine rings is 1. The maximum absolute atomic E-state index is 14.5. The molecule has 1 aliphatic heterocycles. The molecule has 1 N–H and O–H groups in total. The van der Waals surface area contributed by atoms with E-state index < -0.39 is 21.7 Å². The Balaban J connectivity index is 1.70. The number of anilines is 1. The van der Waals surface area contributed by atoms with Gasteiger partial charge in [0.1, 0.15) is 11.6 Å². The highest BCUT2D eigenvalue weighted by atomic mass is 32.2. The molecule has 2 heterocycles. The summed E-state index contributed by atoms with van der Waals surface area (Å²) in [5.41, 5.74) is 0.672. The predicted octanol–water partition coefficient (Wildman–Crippen LogP) is 4.62. The topological polar surface area (TPSA) is 84.9 Å². The number of nitrogens with zero attached hydrogens (tertiary/aromatic N) is 1. The number of amides is 1. The third-order valence-electron chi connectivity index (χ3n) is 5.63. The highest BCUT2D eigenvalue weighted by molar-refractivity contribution is 7.89. The summed E-state index contributed by atoms with van der Waals surface area (Å²) in [7, 11) is -0.778. The van der Waals surface area contributed by atoms with Gasteiger partial charge >= 0.3 is 0 Å². The van der Waals surface area contributed by atoms with E-state index in [1.165, 1.54) is 42.8 Å². The smallest absolute Gasteiger partial charge is 0.266 e. The van der Waals surface area contributed by atoms with Crippen molar-refractivity contribution >= 4 is 43.0 Å². The van der Waals surface area contributed by atoms with Crippen LogP contribution >= 0.6 is 11.3 Å². The van der Waals surface area contributed by atoms with Crippen molar-refractivity contribution in [2.75, 3.05) is 32.6 Å². The van der Waals surface area contributed by atoms with E-state index in [9.17, 15) is 17.6 Å². The van der Waals surface area contributed by atoms with Gasteiger partial charge in [-0.1, -0.05) is 12.5 Å². The Morgan fingerprint density at radius 1 is 1.15 bits per heavy atom. The molecular formula is C23H25FN2O5S2. The molecule has 33 heavy (non-hydrogen) atoms. The zero-order valence-electron chi connectivity index (χ0n) is 18.4. The van der Waals surface area contributed by atoms with Gasteiger partial charge in [0, 0.05) is 35.8 Å². The van der Waals surface area contributed by atoms with Crippen LogP contribution in [0.4, 0.5) is 10.1 Å². The van der Waals surface area contributed by atoms with E-state index >= 15 is 0 Å². The fourth-order valence-electron chi connectivity index (χ4n) is 4.01. The molecule has 0 saturated carbocycles. The molecular weight excluding hydrogens is 467 g/mol. The number of sulfonamides is 1. The summed E-state index contributed by atoms with van der Waals surface area (Å²) in [5.74, 6) is -0.600. The minimum Gasteiger partial charge on any atom is -0.495 e. The van der Waals surface area contributed by atoms with Crippen LogP contribution in [-0.2, 0) is 21.4 Å². The zero-order chi connectivity index (χ0) is 23.6. The second-order valence-electron chi connectivity index (χ2n) is 7.74. The summed E-state index contributed by atoms with van der Waals surface area (Å²) in [6.07, 6.45) is 2.66. The molecule has 7 nitrogen and oxygen atoms in total. The first-order valence-electron chi connectivity index (χ1n) is 10.5. The van der Waals surface area contributed by atoms with Crippen LogP contribution in [0.2, 0.25) is 0 Å². The van der Waals surface area contributed by atoms with E-state index in [1.807, 2.05) is 0 Å². The Labute approximate surface area is 196 Å². The highest BCUT2D eigenvalue weighted by Gasteiger charge is 2.28. The lowest BCUT2D eigenvalue weighted by Crippen LogP contribution is -2.35. The molecule has 1 amide bonds. The molecule has 0 aliphatic carbocycles. The number of methoxy groups -OCH3 is 2. The fourth-order valence-corrected chi connectivity index (χ4v) is 6.67. The van der Waals surface area contributed by atoms with E-state index in [0.717, 1.165) is 30.6 Å². The van der Waals surface area contributed by atoms with Gasteiger partial charge in [0.25, 0.3) is 5.91 Å².